The Morgan fingerprint density at radius 3 is 2.69 bits per heavy atom. The summed E-state index contributed by atoms with van der Waals surface area (Å²) in [6.45, 7) is 1.67. The predicted octanol–water partition coefficient (Wildman–Crippen LogP) is 2.57. The van der Waals surface area contributed by atoms with Crippen molar-refractivity contribution >= 4 is 15.9 Å². The van der Waals surface area contributed by atoms with Gasteiger partial charge in [0.25, 0.3) is 0 Å². The van der Waals surface area contributed by atoms with Crippen LogP contribution < -0.4 is 4.74 Å². The maximum Gasteiger partial charge on any atom is 0.120 e. The van der Waals surface area contributed by atoms with Crippen molar-refractivity contribution in [3.63, 3.8) is 0 Å². The molecule has 1 aromatic carbocycles. The quantitative estimate of drug-likeness (QED) is 0.794. The van der Waals surface area contributed by atoms with Crippen molar-refractivity contribution in [1.82, 2.24) is 0 Å². The Morgan fingerprint density at radius 2 is 2.15 bits per heavy atom. The number of benzene rings is 1. The van der Waals surface area contributed by atoms with Gasteiger partial charge in [0.15, 0.2) is 0 Å². The normalized spacial score (nSPS) is 16.8. The minimum atomic E-state index is 0.548. The zero-order chi connectivity index (χ0) is 9.26. The molecule has 1 heterocycles. The molecule has 1 aromatic rings. The van der Waals surface area contributed by atoms with E-state index in [1.165, 1.54) is 5.56 Å². The van der Waals surface area contributed by atoms with Crippen LogP contribution >= 0.6 is 15.9 Å². The summed E-state index contributed by atoms with van der Waals surface area (Å²) in [6, 6.07) is 6.15. The summed E-state index contributed by atoms with van der Waals surface area (Å²) >= 11 is 3.45. The van der Waals surface area contributed by atoms with Crippen LogP contribution in [0.1, 0.15) is 11.5 Å². The first-order valence-corrected chi connectivity index (χ1v) is 5.01. The van der Waals surface area contributed by atoms with E-state index in [4.69, 9.17) is 9.47 Å². The zero-order valence-corrected chi connectivity index (χ0v) is 9.00. The SMILES string of the molecule is COc1cc(Br)cc(C2COC2)c1. The van der Waals surface area contributed by atoms with Gasteiger partial charge in [0, 0.05) is 10.4 Å². The second-order valence-electron chi connectivity index (χ2n) is 3.16. The van der Waals surface area contributed by atoms with Gasteiger partial charge in [0.1, 0.15) is 5.75 Å². The molecule has 1 saturated heterocycles. The number of hydrogen-bond donors (Lipinski definition) is 0. The molecule has 2 nitrogen and oxygen atoms in total. The third-order valence-electron chi connectivity index (χ3n) is 2.24. The number of ether oxygens (including phenoxy) is 2. The third kappa shape index (κ3) is 1.86. The number of hydrogen-bond acceptors (Lipinski definition) is 2. The van der Waals surface area contributed by atoms with Gasteiger partial charge in [-0.05, 0) is 23.8 Å². The van der Waals surface area contributed by atoms with Crippen molar-refractivity contribution in [2.24, 2.45) is 0 Å². The smallest absolute Gasteiger partial charge is 0.120 e. The van der Waals surface area contributed by atoms with Crippen molar-refractivity contribution in [2.75, 3.05) is 20.3 Å². The Morgan fingerprint density at radius 1 is 1.38 bits per heavy atom. The van der Waals surface area contributed by atoms with Gasteiger partial charge in [-0.2, -0.15) is 0 Å². The van der Waals surface area contributed by atoms with Crippen LogP contribution in [0.5, 0.6) is 5.75 Å². The second-order valence-corrected chi connectivity index (χ2v) is 4.07. The van der Waals surface area contributed by atoms with E-state index in [1.807, 2.05) is 6.07 Å². The van der Waals surface area contributed by atoms with Crippen LogP contribution in [-0.2, 0) is 4.74 Å². The fourth-order valence-corrected chi connectivity index (χ4v) is 1.86. The van der Waals surface area contributed by atoms with Gasteiger partial charge in [-0.25, -0.2) is 0 Å². The van der Waals surface area contributed by atoms with Crippen molar-refractivity contribution in [1.29, 1.82) is 0 Å². The molecule has 0 spiro atoms. The first-order valence-electron chi connectivity index (χ1n) is 4.22. The Balaban J connectivity index is 2.28. The fraction of sp³-hybridized carbons (Fsp3) is 0.400. The molecule has 0 unspecified atom stereocenters. The lowest BCUT2D eigenvalue weighted by molar-refractivity contribution is 0.00834. The molecule has 13 heavy (non-hydrogen) atoms. The van der Waals surface area contributed by atoms with Crippen LogP contribution in [0.25, 0.3) is 0 Å². The summed E-state index contributed by atoms with van der Waals surface area (Å²) in [5.74, 6) is 1.45. The molecule has 0 radical (unpaired) electrons. The summed E-state index contributed by atoms with van der Waals surface area (Å²) in [6.07, 6.45) is 0. The summed E-state index contributed by atoms with van der Waals surface area (Å²) in [5, 5.41) is 0. The summed E-state index contributed by atoms with van der Waals surface area (Å²) < 4.78 is 11.4. The lowest BCUT2D eigenvalue weighted by atomic mass is 9.98. The van der Waals surface area contributed by atoms with Crippen molar-refractivity contribution in [3.05, 3.63) is 28.2 Å². The molecule has 1 fully saturated rings. The number of halogens is 1. The van der Waals surface area contributed by atoms with Crippen LogP contribution in [0.3, 0.4) is 0 Å². The Labute approximate surface area is 86.0 Å². The molecule has 0 bridgehead atoms. The highest BCUT2D eigenvalue weighted by Crippen LogP contribution is 2.30. The van der Waals surface area contributed by atoms with E-state index >= 15 is 0 Å². The fourth-order valence-electron chi connectivity index (χ4n) is 1.37. The van der Waals surface area contributed by atoms with E-state index in [9.17, 15) is 0 Å². The van der Waals surface area contributed by atoms with Gasteiger partial charge in [0.05, 0.1) is 20.3 Å². The molecule has 0 amide bonds. The second kappa shape index (κ2) is 3.68. The van der Waals surface area contributed by atoms with E-state index in [0.717, 1.165) is 23.4 Å². The lowest BCUT2D eigenvalue weighted by Gasteiger charge is -2.26. The molecule has 2 rings (SSSR count). The molecule has 1 aliphatic heterocycles. The maximum absolute atomic E-state index is 5.18. The molecule has 0 N–H and O–H groups in total. The molecular weight excluding hydrogens is 232 g/mol. The average Bonchev–Trinajstić information content (AvgIpc) is 2.00. The van der Waals surface area contributed by atoms with E-state index in [0.29, 0.717) is 5.92 Å². The lowest BCUT2D eigenvalue weighted by Crippen LogP contribution is -2.24. The van der Waals surface area contributed by atoms with Gasteiger partial charge in [-0.3, -0.25) is 0 Å². The van der Waals surface area contributed by atoms with Crippen LogP contribution in [0.15, 0.2) is 22.7 Å². The topological polar surface area (TPSA) is 18.5 Å². The van der Waals surface area contributed by atoms with E-state index in [-0.39, 0.29) is 0 Å². The standard InChI is InChI=1S/C10H11BrO2/c1-12-10-3-7(2-9(11)4-10)8-5-13-6-8/h2-4,8H,5-6H2,1H3. The predicted molar refractivity (Wildman–Crippen MR) is 54.3 cm³/mol. The van der Waals surface area contributed by atoms with Crippen molar-refractivity contribution in [3.8, 4) is 5.75 Å². The molecular formula is C10H11BrO2. The zero-order valence-electron chi connectivity index (χ0n) is 7.42. The van der Waals surface area contributed by atoms with Crippen LogP contribution in [0, 0.1) is 0 Å². The Hall–Kier alpha value is -0.540. The van der Waals surface area contributed by atoms with Crippen LogP contribution in [0.4, 0.5) is 0 Å². The van der Waals surface area contributed by atoms with Gasteiger partial charge in [-0.15, -0.1) is 0 Å². The molecule has 70 valence electrons. The average molecular weight is 243 g/mol. The van der Waals surface area contributed by atoms with Crippen molar-refractivity contribution in [2.45, 2.75) is 5.92 Å². The van der Waals surface area contributed by atoms with Gasteiger partial charge >= 0.3 is 0 Å². The first-order chi connectivity index (χ1) is 6.29. The molecule has 0 aromatic heterocycles. The minimum Gasteiger partial charge on any atom is -0.497 e. The minimum absolute atomic E-state index is 0.548. The highest BCUT2D eigenvalue weighted by atomic mass is 79.9. The molecule has 0 atom stereocenters. The van der Waals surface area contributed by atoms with E-state index < -0.39 is 0 Å². The third-order valence-corrected chi connectivity index (χ3v) is 2.70. The van der Waals surface area contributed by atoms with E-state index in [2.05, 4.69) is 28.1 Å². The molecule has 1 aliphatic rings. The van der Waals surface area contributed by atoms with Gasteiger partial charge in [0.2, 0.25) is 0 Å². The maximum atomic E-state index is 5.18. The monoisotopic (exact) mass is 242 g/mol. The summed E-state index contributed by atoms with van der Waals surface area (Å²) in [7, 11) is 1.68. The highest BCUT2D eigenvalue weighted by molar-refractivity contribution is 9.10. The molecule has 0 saturated carbocycles. The molecule has 3 heteroatoms. The van der Waals surface area contributed by atoms with Gasteiger partial charge in [-0.1, -0.05) is 15.9 Å². The summed E-state index contributed by atoms with van der Waals surface area (Å²) in [5.41, 5.74) is 1.29. The summed E-state index contributed by atoms with van der Waals surface area (Å²) in [4.78, 5) is 0. The van der Waals surface area contributed by atoms with Gasteiger partial charge < -0.3 is 9.47 Å². The molecule has 0 aliphatic carbocycles. The van der Waals surface area contributed by atoms with Crippen molar-refractivity contribution < 1.29 is 9.47 Å². The highest BCUT2D eigenvalue weighted by Gasteiger charge is 2.21. The largest absolute Gasteiger partial charge is 0.497 e. The Bertz CT molecular complexity index is 308. The van der Waals surface area contributed by atoms with Crippen LogP contribution in [-0.4, -0.2) is 20.3 Å². The number of rotatable bonds is 2. The first kappa shape index (κ1) is 9.03. The Kier molecular flexibility index (Phi) is 2.56. The van der Waals surface area contributed by atoms with E-state index in [1.54, 1.807) is 7.11 Å². The van der Waals surface area contributed by atoms with Crippen LogP contribution in [0.2, 0.25) is 0 Å². The number of methoxy groups -OCH3 is 1.